The lowest BCUT2D eigenvalue weighted by atomic mass is 10.2. The predicted octanol–water partition coefficient (Wildman–Crippen LogP) is 3.94. The van der Waals surface area contributed by atoms with E-state index in [1.165, 1.54) is 22.5 Å². The van der Waals surface area contributed by atoms with Crippen LogP contribution in [0.5, 0.6) is 0 Å². The number of nitrogens with zero attached hydrogens (tertiary/aromatic N) is 5. The second kappa shape index (κ2) is 13.6. The van der Waals surface area contributed by atoms with E-state index < -0.39 is 17.7 Å². The molecule has 0 bridgehead atoms. The van der Waals surface area contributed by atoms with Gasteiger partial charge in [-0.15, -0.1) is 0 Å². The van der Waals surface area contributed by atoms with Gasteiger partial charge in [-0.25, -0.2) is 14.6 Å². The summed E-state index contributed by atoms with van der Waals surface area (Å²) >= 11 is 0. The number of aromatic nitrogens is 3. The van der Waals surface area contributed by atoms with Crippen LogP contribution in [-0.4, -0.2) is 81.9 Å². The summed E-state index contributed by atoms with van der Waals surface area (Å²) in [4.78, 5) is 43.5. The maximum absolute atomic E-state index is 12.7. The minimum atomic E-state index is -1.23. The number of carbonyl (C=O) groups excluding carboxylic acids is 2. The Hall–Kier alpha value is -3.93. The van der Waals surface area contributed by atoms with E-state index in [1.54, 1.807) is 39.1 Å². The highest BCUT2D eigenvalue weighted by Gasteiger charge is 2.25. The molecule has 3 rings (SSSR count). The SMILES string of the molecule is CC.CN(/C=C\C=C(/C=O)Nc1cc(N(C)C(=O)OC(C)(C)C)n2ncc(C(=O)O)c2n1)CCOC1CC1. The fraction of sp³-hybridized carbons (Fsp3) is 0.500. The molecule has 38 heavy (non-hydrogen) atoms. The zero-order valence-electron chi connectivity index (χ0n) is 23.1. The van der Waals surface area contributed by atoms with Crippen molar-refractivity contribution in [2.75, 3.05) is 37.5 Å². The first-order chi connectivity index (χ1) is 18.0. The third kappa shape index (κ3) is 8.87. The average molecular weight is 531 g/mol. The molecule has 1 saturated carbocycles. The van der Waals surface area contributed by atoms with Gasteiger partial charge in [0.1, 0.15) is 22.8 Å². The molecule has 12 nitrogen and oxygen atoms in total. The molecule has 12 heteroatoms. The van der Waals surface area contributed by atoms with Gasteiger partial charge in [-0.05, 0) is 52.0 Å². The molecule has 2 heterocycles. The van der Waals surface area contributed by atoms with E-state index in [0.29, 0.717) is 25.5 Å². The summed E-state index contributed by atoms with van der Waals surface area (Å²) in [5.41, 5.74) is -0.739. The Kier molecular flexibility index (Phi) is 10.8. The van der Waals surface area contributed by atoms with Crippen LogP contribution < -0.4 is 10.2 Å². The molecule has 208 valence electrons. The number of rotatable bonds is 11. The van der Waals surface area contributed by atoms with Crippen LogP contribution >= 0.6 is 0 Å². The molecule has 2 aromatic heterocycles. The molecule has 1 fully saturated rings. The highest BCUT2D eigenvalue weighted by atomic mass is 16.6. The number of anilines is 2. The number of amides is 1. The predicted molar refractivity (Wildman–Crippen MR) is 144 cm³/mol. The number of ether oxygens (including phenoxy) is 2. The summed E-state index contributed by atoms with van der Waals surface area (Å²) in [7, 11) is 3.37. The highest BCUT2D eigenvalue weighted by molar-refractivity contribution is 5.95. The Balaban J connectivity index is 0.00000247. The number of hydrogen-bond donors (Lipinski definition) is 2. The normalized spacial score (nSPS) is 13.6. The van der Waals surface area contributed by atoms with Gasteiger partial charge in [0.15, 0.2) is 11.9 Å². The van der Waals surface area contributed by atoms with Gasteiger partial charge in [-0.3, -0.25) is 9.69 Å². The number of aldehydes is 1. The summed E-state index contributed by atoms with van der Waals surface area (Å²) in [6.45, 7) is 10.5. The van der Waals surface area contributed by atoms with Crippen molar-refractivity contribution in [2.24, 2.45) is 0 Å². The van der Waals surface area contributed by atoms with Gasteiger partial charge in [0.05, 0.1) is 24.6 Å². The van der Waals surface area contributed by atoms with Gasteiger partial charge in [-0.1, -0.05) is 13.8 Å². The average Bonchev–Trinajstić information content (AvgIpc) is 3.58. The van der Waals surface area contributed by atoms with Crippen molar-refractivity contribution in [3.8, 4) is 0 Å². The largest absolute Gasteiger partial charge is 0.477 e. The van der Waals surface area contributed by atoms with Crippen LogP contribution in [0.4, 0.5) is 16.4 Å². The summed E-state index contributed by atoms with van der Waals surface area (Å²) < 4.78 is 12.3. The van der Waals surface area contributed by atoms with Crippen molar-refractivity contribution in [3.63, 3.8) is 0 Å². The molecular formula is C26H38N6O6. The number of aromatic carboxylic acids is 1. The smallest absolute Gasteiger partial charge is 0.415 e. The standard InChI is InChI=1S/C24H32N6O6.C2H6/c1-24(2,3)36-23(34)29(5)20-13-19(27-21-18(22(32)33)14-25-30(20)21)26-16(15-31)7-6-10-28(4)11-12-35-17-8-9-17;1-2/h6-7,10,13-15,17H,8-9,11-12H2,1-5H3,(H,26,27)(H,32,33);1-2H3/b10-6-,16-7+;. The lowest BCUT2D eigenvalue weighted by molar-refractivity contribution is -0.104. The molecule has 0 aliphatic heterocycles. The minimum Gasteiger partial charge on any atom is -0.477 e. The van der Waals surface area contributed by atoms with Crippen molar-refractivity contribution in [3.05, 3.63) is 41.9 Å². The summed E-state index contributed by atoms with van der Waals surface area (Å²) in [6, 6.07) is 1.47. The molecule has 0 radical (unpaired) electrons. The fourth-order valence-corrected chi connectivity index (χ4v) is 3.05. The van der Waals surface area contributed by atoms with Crippen LogP contribution in [0.1, 0.15) is 57.8 Å². The van der Waals surface area contributed by atoms with Gasteiger partial charge < -0.3 is 24.8 Å². The maximum Gasteiger partial charge on any atom is 0.415 e. The van der Waals surface area contributed by atoms with E-state index in [9.17, 15) is 19.5 Å². The van der Waals surface area contributed by atoms with Gasteiger partial charge in [0.2, 0.25) is 0 Å². The van der Waals surface area contributed by atoms with Crippen molar-refractivity contribution in [2.45, 2.75) is 59.2 Å². The third-order valence-corrected chi connectivity index (χ3v) is 5.03. The quantitative estimate of drug-likeness (QED) is 0.249. The van der Waals surface area contributed by atoms with Crippen molar-refractivity contribution >= 4 is 35.6 Å². The first-order valence-electron chi connectivity index (χ1n) is 12.5. The first-order valence-corrected chi connectivity index (χ1v) is 12.5. The zero-order valence-corrected chi connectivity index (χ0v) is 23.1. The Morgan fingerprint density at radius 1 is 1.26 bits per heavy atom. The van der Waals surface area contributed by atoms with Crippen LogP contribution in [0, 0.1) is 0 Å². The number of carboxylic acids is 1. The lowest BCUT2D eigenvalue weighted by Gasteiger charge is -2.25. The third-order valence-electron chi connectivity index (χ3n) is 5.03. The monoisotopic (exact) mass is 530 g/mol. The van der Waals surface area contributed by atoms with Gasteiger partial charge >= 0.3 is 12.1 Å². The summed E-state index contributed by atoms with van der Waals surface area (Å²) in [6.07, 6.45) is 8.79. The number of likely N-dealkylation sites (N-methyl/N-ethyl adjacent to an activating group) is 1. The lowest BCUT2D eigenvalue weighted by Crippen LogP contribution is -2.35. The van der Waals surface area contributed by atoms with E-state index >= 15 is 0 Å². The van der Waals surface area contributed by atoms with Gasteiger partial charge in [0.25, 0.3) is 0 Å². The van der Waals surface area contributed by atoms with E-state index in [-0.39, 0.29) is 28.5 Å². The van der Waals surface area contributed by atoms with Crippen molar-refractivity contribution in [1.82, 2.24) is 19.5 Å². The van der Waals surface area contributed by atoms with Gasteiger partial charge in [-0.2, -0.15) is 9.61 Å². The Labute approximate surface area is 222 Å². The van der Waals surface area contributed by atoms with Gasteiger partial charge in [0, 0.05) is 26.7 Å². The molecule has 1 aliphatic rings. The molecule has 0 spiro atoms. The minimum absolute atomic E-state index is 0.00547. The van der Waals surface area contributed by atoms with E-state index in [2.05, 4.69) is 15.4 Å². The van der Waals surface area contributed by atoms with E-state index in [0.717, 1.165) is 19.0 Å². The molecule has 1 amide bonds. The van der Waals surface area contributed by atoms with Crippen molar-refractivity contribution in [1.29, 1.82) is 0 Å². The van der Waals surface area contributed by atoms with Crippen LogP contribution in [-0.2, 0) is 14.3 Å². The van der Waals surface area contributed by atoms with Crippen LogP contribution in [0.15, 0.2) is 36.3 Å². The summed E-state index contributed by atoms with van der Waals surface area (Å²) in [5.74, 6) is -0.891. The van der Waals surface area contributed by atoms with Crippen LogP contribution in [0.2, 0.25) is 0 Å². The number of carboxylic acid groups (broad SMARTS) is 1. The Bertz CT molecular complexity index is 1180. The molecule has 0 atom stereocenters. The number of hydrogen-bond acceptors (Lipinski definition) is 9. The number of carbonyl (C=O) groups is 3. The van der Waals surface area contributed by atoms with Crippen LogP contribution in [0.25, 0.3) is 5.65 Å². The Morgan fingerprint density at radius 2 is 1.95 bits per heavy atom. The molecule has 0 unspecified atom stereocenters. The molecule has 2 N–H and O–H groups in total. The Morgan fingerprint density at radius 3 is 2.53 bits per heavy atom. The van der Waals surface area contributed by atoms with E-state index in [1.807, 2.05) is 25.8 Å². The fourth-order valence-electron chi connectivity index (χ4n) is 3.05. The number of allylic oxidation sites excluding steroid dienone is 3. The van der Waals surface area contributed by atoms with Crippen molar-refractivity contribution < 1.29 is 29.0 Å². The second-order valence-electron chi connectivity index (χ2n) is 9.39. The highest BCUT2D eigenvalue weighted by Crippen LogP contribution is 2.24. The number of fused-ring (bicyclic) bond motifs is 1. The first kappa shape index (κ1) is 30.3. The number of nitrogens with one attached hydrogen (secondary N) is 1. The molecule has 1 aliphatic carbocycles. The summed E-state index contributed by atoms with van der Waals surface area (Å²) in [5, 5.41) is 16.5. The maximum atomic E-state index is 12.7. The molecular weight excluding hydrogens is 492 g/mol. The molecule has 2 aromatic rings. The zero-order chi connectivity index (χ0) is 28.5. The molecule has 0 aromatic carbocycles. The van der Waals surface area contributed by atoms with Crippen LogP contribution in [0.3, 0.4) is 0 Å². The molecule has 0 saturated heterocycles. The van der Waals surface area contributed by atoms with E-state index in [4.69, 9.17) is 9.47 Å². The second-order valence-corrected chi connectivity index (χ2v) is 9.39. The topological polar surface area (TPSA) is 139 Å².